The van der Waals surface area contributed by atoms with Crippen molar-refractivity contribution in [1.82, 2.24) is 15.0 Å². The van der Waals surface area contributed by atoms with Gasteiger partial charge in [-0.3, -0.25) is 10.1 Å². The van der Waals surface area contributed by atoms with Gasteiger partial charge in [-0.05, 0) is 25.0 Å². The monoisotopic (exact) mass is 296 g/mol. The Morgan fingerprint density at radius 2 is 2.25 bits per heavy atom. The second-order valence-corrected chi connectivity index (χ2v) is 4.77. The molecule has 0 spiro atoms. The number of rotatable bonds is 4. The highest BCUT2D eigenvalue weighted by atomic mass is 35.5. The minimum absolute atomic E-state index is 0.0312. The summed E-state index contributed by atoms with van der Waals surface area (Å²) >= 11 is 5.89. The molecule has 0 amide bonds. The summed E-state index contributed by atoms with van der Waals surface area (Å²) in [6, 6.07) is 2.85. The predicted molar refractivity (Wildman–Crippen MR) is 73.0 cm³/mol. The van der Waals surface area contributed by atoms with Crippen molar-refractivity contribution in [1.29, 1.82) is 0 Å². The van der Waals surface area contributed by atoms with E-state index in [1.165, 1.54) is 16.8 Å². The molecule has 8 heteroatoms. The summed E-state index contributed by atoms with van der Waals surface area (Å²) in [5.41, 5.74) is 1.52. The lowest BCUT2D eigenvalue weighted by Crippen LogP contribution is -2.00. The molecule has 0 saturated carbocycles. The predicted octanol–water partition coefficient (Wildman–Crippen LogP) is 2.58. The van der Waals surface area contributed by atoms with E-state index in [1.54, 1.807) is 13.1 Å². The number of nitro groups is 1. The van der Waals surface area contributed by atoms with Crippen molar-refractivity contribution in [2.45, 2.75) is 26.4 Å². The van der Waals surface area contributed by atoms with Crippen LogP contribution in [0, 0.1) is 17.0 Å². The summed E-state index contributed by atoms with van der Waals surface area (Å²) in [4.78, 5) is 10.3. The molecular formula is C12H13ClN4O3. The largest absolute Gasteiger partial charge is 0.387 e. The summed E-state index contributed by atoms with van der Waals surface area (Å²) in [6.07, 6.45) is 1.43. The number of hydrogen-bond donors (Lipinski definition) is 1. The van der Waals surface area contributed by atoms with Gasteiger partial charge in [0.15, 0.2) is 0 Å². The standard InChI is InChI=1S/C12H13ClN4O3/c1-3-12(18)9-6-16(15-14-9)10-5-8(13)11(17(19)20)4-7(10)2/h4-6,12,18H,3H2,1-2H3. The maximum atomic E-state index is 10.8. The molecular weight excluding hydrogens is 284 g/mol. The van der Waals surface area contributed by atoms with Crippen molar-refractivity contribution < 1.29 is 10.0 Å². The fourth-order valence-corrected chi connectivity index (χ4v) is 2.03. The number of aliphatic hydroxyl groups is 1. The Balaban J connectivity index is 2.45. The SMILES string of the molecule is CCC(O)c1cn(-c2cc(Cl)c([N+](=O)[O-])cc2C)nn1. The van der Waals surface area contributed by atoms with Gasteiger partial charge in [-0.15, -0.1) is 5.10 Å². The number of aryl methyl sites for hydroxylation is 1. The van der Waals surface area contributed by atoms with Gasteiger partial charge in [-0.1, -0.05) is 23.7 Å². The molecule has 20 heavy (non-hydrogen) atoms. The molecule has 106 valence electrons. The average Bonchev–Trinajstić information content (AvgIpc) is 2.89. The van der Waals surface area contributed by atoms with Crippen LogP contribution in [0.5, 0.6) is 0 Å². The lowest BCUT2D eigenvalue weighted by Gasteiger charge is -2.06. The number of benzene rings is 1. The first-order valence-corrected chi connectivity index (χ1v) is 6.37. The molecule has 1 heterocycles. The molecule has 1 atom stereocenters. The Kier molecular flexibility index (Phi) is 4.01. The molecule has 0 aliphatic rings. The molecule has 1 N–H and O–H groups in total. The topological polar surface area (TPSA) is 94.1 Å². The van der Waals surface area contributed by atoms with Crippen molar-refractivity contribution in [2.24, 2.45) is 0 Å². The summed E-state index contributed by atoms with van der Waals surface area (Å²) < 4.78 is 1.44. The maximum Gasteiger partial charge on any atom is 0.288 e. The average molecular weight is 297 g/mol. The number of nitrogens with zero attached hydrogens (tertiary/aromatic N) is 4. The van der Waals surface area contributed by atoms with Gasteiger partial charge in [0.25, 0.3) is 5.69 Å². The number of aliphatic hydroxyl groups excluding tert-OH is 1. The molecule has 0 saturated heterocycles. The van der Waals surface area contributed by atoms with E-state index in [4.69, 9.17) is 11.6 Å². The molecule has 0 fully saturated rings. The van der Waals surface area contributed by atoms with E-state index < -0.39 is 11.0 Å². The van der Waals surface area contributed by atoms with E-state index in [9.17, 15) is 15.2 Å². The smallest absolute Gasteiger partial charge is 0.288 e. The third-order valence-electron chi connectivity index (χ3n) is 2.95. The first-order valence-electron chi connectivity index (χ1n) is 5.99. The second kappa shape index (κ2) is 5.56. The van der Waals surface area contributed by atoms with E-state index in [0.717, 1.165) is 0 Å². The van der Waals surface area contributed by atoms with Gasteiger partial charge in [0.1, 0.15) is 10.7 Å². The van der Waals surface area contributed by atoms with Gasteiger partial charge in [0.2, 0.25) is 0 Å². The van der Waals surface area contributed by atoms with E-state index in [-0.39, 0.29) is 10.7 Å². The van der Waals surface area contributed by atoms with Crippen LogP contribution < -0.4 is 0 Å². The molecule has 1 aromatic heterocycles. The van der Waals surface area contributed by atoms with Crippen LogP contribution in [0.3, 0.4) is 0 Å². The van der Waals surface area contributed by atoms with Gasteiger partial charge >= 0.3 is 0 Å². The number of halogens is 1. The van der Waals surface area contributed by atoms with E-state index >= 15 is 0 Å². The third kappa shape index (κ3) is 2.63. The molecule has 1 aromatic carbocycles. The van der Waals surface area contributed by atoms with Gasteiger partial charge < -0.3 is 5.11 Å². The summed E-state index contributed by atoms with van der Waals surface area (Å²) in [6.45, 7) is 3.55. The van der Waals surface area contributed by atoms with Crippen molar-refractivity contribution in [2.75, 3.05) is 0 Å². The van der Waals surface area contributed by atoms with Crippen molar-refractivity contribution in [3.63, 3.8) is 0 Å². The summed E-state index contributed by atoms with van der Waals surface area (Å²) in [7, 11) is 0. The van der Waals surface area contributed by atoms with Crippen LogP contribution >= 0.6 is 11.6 Å². The van der Waals surface area contributed by atoms with Crippen molar-refractivity contribution in [3.8, 4) is 5.69 Å². The summed E-state index contributed by atoms with van der Waals surface area (Å²) in [5.74, 6) is 0. The van der Waals surface area contributed by atoms with Crippen LogP contribution in [0.2, 0.25) is 5.02 Å². The second-order valence-electron chi connectivity index (χ2n) is 4.36. The van der Waals surface area contributed by atoms with Crippen LogP contribution in [0.25, 0.3) is 5.69 Å². The zero-order chi connectivity index (χ0) is 14.9. The highest BCUT2D eigenvalue weighted by Crippen LogP contribution is 2.29. The zero-order valence-corrected chi connectivity index (χ0v) is 11.7. The maximum absolute atomic E-state index is 10.8. The van der Waals surface area contributed by atoms with Gasteiger partial charge in [-0.25, -0.2) is 4.68 Å². The zero-order valence-electron chi connectivity index (χ0n) is 10.9. The molecule has 0 aliphatic heterocycles. The Morgan fingerprint density at radius 3 is 2.85 bits per heavy atom. The molecule has 2 rings (SSSR count). The first-order chi connectivity index (χ1) is 9.43. The number of aromatic nitrogens is 3. The highest BCUT2D eigenvalue weighted by molar-refractivity contribution is 6.32. The van der Waals surface area contributed by atoms with E-state index in [1.807, 2.05) is 6.92 Å². The molecule has 0 bridgehead atoms. The Labute approximate surface area is 119 Å². The quantitative estimate of drug-likeness (QED) is 0.691. The minimum atomic E-state index is -0.683. The lowest BCUT2D eigenvalue weighted by atomic mass is 10.1. The fourth-order valence-electron chi connectivity index (χ4n) is 1.80. The highest BCUT2D eigenvalue weighted by Gasteiger charge is 2.17. The number of hydrogen-bond acceptors (Lipinski definition) is 5. The molecule has 1 unspecified atom stereocenters. The molecule has 0 aliphatic carbocycles. The Bertz CT molecular complexity index is 656. The minimum Gasteiger partial charge on any atom is -0.387 e. The lowest BCUT2D eigenvalue weighted by molar-refractivity contribution is -0.384. The number of nitro benzene ring substituents is 1. The van der Waals surface area contributed by atoms with Crippen molar-refractivity contribution >= 4 is 17.3 Å². The molecule has 2 aromatic rings. The van der Waals surface area contributed by atoms with Gasteiger partial charge in [-0.2, -0.15) is 0 Å². The van der Waals surface area contributed by atoms with Crippen LogP contribution in [0.4, 0.5) is 5.69 Å². The Morgan fingerprint density at radius 1 is 1.55 bits per heavy atom. The van der Waals surface area contributed by atoms with Crippen LogP contribution in [0.1, 0.15) is 30.7 Å². The Hall–Kier alpha value is -1.99. The van der Waals surface area contributed by atoms with Gasteiger partial charge in [0.05, 0.1) is 22.9 Å². The first kappa shape index (κ1) is 14.4. The molecule has 0 radical (unpaired) electrons. The normalized spacial score (nSPS) is 12.4. The van der Waals surface area contributed by atoms with Gasteiger partial charge in [0, 0.05) is 6.07 Å². The van der Waals surface area contributed by atoms with E-state index in [0.29, 0.717) is 23.4 Å². The van der Waals surface area contributed by atoms with Crippen molar-refractivity contribution in [3.05, 3.63) is 44.7 Å². The van der Waals surface area contributed by atoms with Crippen LogP contribution in [-0.2, 0) is 0 Å². The summed E-state index contributed by atoms with van der Waals surface area (Å²) in [5, 5.41) is 28.3. The van der Waals surface area contributed by atoms with E-state index in [2.05, 4.69) is 10.3 Å². The third-order valence-corrected chi connectivity index (χ3v) is 3.25. The van der Waals surface area contributed by atoms with Crippen LogP contribution in [0.15, 0.2) is 18.3 Å². The fraction of sp³-hybridized carbons (Fsp3) is 0.333. The van der Waals surface area contributed by atoms with Crippen LogP contribution in [-0.4, -0.2) is 25.0 Å². The molecule has 7 nitrogen and oxygen atoms in total.